The predicted molar refractivity (Wildman–Crippen MR) is 161 cm³/mol. The fourth-order valence-corrected chi connectivity index (χ4v) is 5.90. The minimum Gasteiger partial charge on any atom is -0.296 e. The molecule has 0 radical (unpaired) electrons. The molecule has 0 aliphatic rings. The molecule has 6 aromatic carbocycles. The monoisotopic (exact) mass is 488 g/mol. The van der Waals surface area contributed by atoms with Crippen LogP contribution in [0.2, 0.25) is 0 Å². The quantitative estimate of drug-likeness (QED) is 0.226. The van der Waals surface area contributed by atoms with Crippen LogP contribution in [-0.2, 0) is 6.42 Å². The highest BCUT2D eigenvalue weighted by atomic mass is 15.1. The summed E-state index contributed by atoms with van der Waals surface area (Å²) in [5.74, 6) is 1.08. The van der Waals surface area contributed by atoms with Gasteiger partial charge < -0.3 is 0 Å². The lowest BCUT2D eigenvalue weighted by Gasteiger charge is -2.18. The Labute approximate surface area is 222 Å². The highest BCUT2D eigenvalue weighted by Crippen LogP contribution is 2.44. The summed E-state index contributed by atoms with van der Waals surface area (Å²) in [5.41, 5.74) is 9.66. The van der Waals surface area contributed by atoms with E-state index >= 15 is 0 Å². The molecule has 0 spiro atoms. The Morgan fingerprint density at radius 2 is 1.18 bits per heavy atom. The molecule has 7 aromatic rings. The summed E-state index contributed by atoms with van der Waals surface area (Å²) in [6.45, 7) is 4.35. The summed E-state index contributed by atoms with van der Waals surface area (Å²) in [6.07, 6.45) is 0.881. The van der Waals surface area contributed by atoms with E-state index in [9.17, 15) is 0 Å². The zero-order valence-electron chi connectivity index (χ0n) is 21.6. The Bertz CT molecular complexity index is 1940. The van der Waals surface area contributed by atoms with Gasteiger partial charge in [0.15, 0.2) is 0 Å². The van der Waals surface area contributed by atoms with Gasteiger partial charge in [-0.3, -0.25) is 4.57 Å². The second kappa shape index (κ2) is 9.00. The zero-order valence-corrected chi connectivity index (χ0v) is 21.6. The molecule has 2 nitrogen and oxygen atoms in total. The van der Waals surface area contributed by atoms with Crippen LogP contribution in [-0.4, -0.2) is 9.55 Å². The molecule has 0 fully saturated rings. The van der Waals surface area contributed by atoms with Gasteiger partial charge in [0.25, 0.3) is 0 Å². The lowest BCUT2D eigenvalue weighted by atomic mass is 9.85. The summed E-state index contributed by atoms with van der Waals surface area (Å²) < 4.78 is 2.29. The van der Waals surface area contributed by atoms with E-state index in [0.29, 0.717) is 0 Å². The number of para-hydroxylation sites is 2. The van der Waals surface area contributed by atoms with E-state index < -0.39 is 0 Å². The average Bonchev–Trinajstić information content (AvgIpc) is 3.35. The largest absolute Gasteiger partial charge is 0.296 e. The number of rotatable bonds is 4. The Kier molecular flexibility index (Phi) is 5.33. The van der Waals surface area contributed by atoms with Crippen molar-refractivity contribution in [1.29, 1.82) is 0 Å². The molecule has 0 unspecified atom stereocenters. The van der Waals surface area contributed by atoms with Crippen molar-refractivity contribution in [1.82, 2.24) is 9.55 Å². The van der Waals surface area contributed by atoms with Crippen molar-refractivity contribution in [2.45, 2.75) is 20.3 Å². The third kappa shape index (κ3) is 3.53. The maximum absolute atomic E-state index is 4.88. The number of aryl methyl sites for hydroxylation is 2. The molecule has 1 heterocycles. The third-order valence-corrected chi connectivity index (χ3v) is 7.60. The van der Waals surface area contributed by atoms with E-state index in [2.05, 4.69) is 140 Å². The van der Waals surface area contributed by atoms with E-state index in [1.54, 1.807) is 0 Å². The standard InChI is InChI=1S/C36H28N2/c1-3-34-37-32-15-9-10-16-33(32)38(34)27-20-18-26(19-21-27)35-28-13-7-8-14-29(28)36(25-11-5-4-6-12-25)31-23-24(2)17-22-30(31)35/h4-23H,3H2,1-2H3. The first kappa shape index (κ1) is 22.5. The van der Waals surface area contributed by atoms with Gasteiger partial charge in [0, 0.05) is 12.1 Å². The maximum Gasteiger partial charge on any atom is 0.114 e. The first-order chi connectivity index (χ1) is 18.7. The number of hydrogen-bond acceptors (Lipinski definition) is 1. The van der Waals surface area contributed by atoms with Crippen LogP contribution >= 0.6 is 0 Å². The molecule has 0 N–H and O–H groups in total. The fourth-order valence-electron chi connectivity index (χ4n) is 5.90. The number of hydrogen-bond donors (Lipinski definition) is 0. The Hall–Kier alpha value is -4.69. The van der Waals surface area contributed by atoms with Gasteiger partial charge >= 0.3 is 0 Å². The van der Waals surface area contributed by atoms with Gasteiger partial charge in [0.2, 0.25) is 0 Å². The molecule has 0 bridgehead atoms. The summed E-state index contributed by atoms with van der Waals surface area (Å²) in [4.78, 5) is 4.88. The van der Waals surface area contributed by atoms with Gasteiger partial charge in [-0.05, 0) is 75.0 Å². The van der Waals surface area contributed by atoms with Crippen molar-refractivity contribution >= 4 is 32.6 Å². The van der Waals surface area contributed by atoms with Gasteiger partial charge in [0.1, 0.15) is 5.82 Å². The highest BCUT2D eigenvalue weighted by Gasteiger charge is 2.17. The van der Waals surface area contributed by atoms with Gasteiger partial charge in [0.05, 0.1) is 11.0 Å². The molecule has 182 valence electrons. The highest BCUT2D eigenvalue weighted by molar-refractivity contribution is 6.21. The fraction of sp³-hybridized carbons (Fsp3) is 0.0833. The second-order valence-electron chi connectivity index (χ2n) is 9.96. The molecular weight excluding hydrogens is 460 g/mol. The van der Waals surface area contributed by atoms with Crippen LogP contribution in [0.5, 0.6) is 0 Å². The van der Waals surface area contributed by atoms with Crippen LogP contribution in [0.1, 0.15) is 18.3 Å². The zero-order chi connectivity index (χ0) is 25.6. The van der Waals surface area contributed by atoms with Crippen LogP contribution in [0.15, 0.2) is 121 Å². The molecule has 0 atom stereocenters. The summed E-state index contributed by atoms with van der Waals surface area (Å²) in [5, 5.41) is 5.13. The number of nitrogens with zero attached hydrogens (tertiary/aromatic N) is 2. The van der Waals surface area contributed by atoms with Crippen LogP contribution in [0, 0.1) is 6.92 Å². The number of imidazole rings is 1. The van der Waals surface area contributed by atoms with Crippen molar-refractivity contribution in [2.24, 2.45) is 0 Å². The molecule has 0 aliphatic heterocycles. The molecule has 0 saturated carbocycles. The topological polar surface area (TPSA) is 17.8 Å². The van der Waals surface area contributed by atoms with Crippen LogP contribution in [0.4, 0.5) is 0 Å². The minimum atomic E-state index is 0.881. The van der Waals surface area contributed by atoms with Crippen LogP contribution in [0.25, 0.3) is 60.5 Å². The lowest BCUT2D eigenvalue weighted by Crippen LogP contribution is -2.00. The van der Waals surface area contributed by atoms with Crippen molar-refractivity contribution < 1.29 is 0 Å². The lowest BCUT2D eigenvalue weighted by molar-refractivity contribution is 0.908. The van der Waals surface area contributed by atoms with Crippen molar-refractivity contribution in [3.8, 4) is 27.9 Å². The number of aromatic nitrogens is 2. The van der Waals surface area contributed by atoms with Gasteiger partial charge in [-0.25, -0.2) is 4.98 Å². The van der Waals surface area contributed by atoms with E-state index in [0.717, 1.165) is 29.0 Å². The number of benzene rings is 6. The second-order valence-corrected chi connectivity index (χ2v) is 9.96. The summed E-state index contributed by atoms with van der Waals surface area (Å²) >= 11 is 0. The van der Waals surface area contributed by atoms with Gasteiger partial charge in [-0.2, -0.15) is 0 Å². The molecule has 0 aliphatic carbocycles. The smallest absolute Gasteiger partial charge is 0.114 e. The van der Waals surface area contributed by atoms with Crippen LogP contribution in [0.3, 0.4) is 0 Å². The molecular formula is C36H28N2. The van der Waals surface area contributed by atoms with Crippen LogP contribution < -0.4 is 0 Å². The average molecular weight is 489 g/mol. The minimum absolute atomic E-state index is 0.881. The maximum atomic E-state index is 4.88. The molecule has 7 rings (SSSR count). The predicted octanol–water partition coefficient (Wildman–Crippen LogP) is 9.54. The Morgan fingerprint density at radius 1 is 0.579 bits per heavy atom. The first-order valence-electron chi connectivity index (χ1n) is 13.3. The van der Waals surface area contributed by atoms with E-state index in [-0.39, 0.29) is 0 Å². The molecule has 1 aromatic heterocycles. The SMILES string of the molecule is CCc1nc2ccccc2n1-c1ccc(-c2c3ccccc3c(-c3ccccc3)c3cc(C)ccc23)cc1. The van der Waals surface area contributed by atoms with E-state index in [4.69, 9.17) is 4.98 Å². The van der Waals surface area contributed by atoms with Crippen molar-refractivity contribution in [2.75, 3.05) is 0 Å². The van der Waals surface area contributed by atoms with Crippen molar-refractivity contribution in [3.05, 3.63) is 133 Å². The summed E-state index contributed by atoms with van der Waals surface area (Å²) in [6, 6.07) is 43.9. The normalized spacial score (nSPS) is 11.5. The molecule has 38 heavy (non-hydrogen) atoms. The molecule has 0 amide bonds. The van der Waals surface area contributed by atoms with E-state index in [1.807, 2.05) is 0 Å². The Morgan fingerprint density at radius 3 is 1.92 bits per heavy atom. The summed E-state index contributed by atoms with van der Waals surface area (Å²) in [7, 11) is 0. The molecule has 2 heteroatoms. The molecule has 0 saturated heterocycles. The number of fused-ring (bicyclic) bond motifs is 3. The van der Waals surface area contributed by atoms with Gasteiger partial charge in [-0.15, -0.1) is 0 Å². The van der Waals surface area contributed by atoms with Crippen molar-refractivity contribution in [3.63, 3.8) is 0 Å². The third-order valence-electron chi connectivity index (χ3n) is 7.60. The first-order valence-corrected chi connectivity index (χ1v) is 13.3. The van der Waals surface area contributed by atoms with E-state index in [1.165, 1.54) is 49.4 Å². The Balaban J connectivity index is 1.49. The van der Waals surface area contributed by atoms with Gasteiger partial charge in [-0.1, -0.05) is 110 Å².